The fourth-order valence-electron chi connectivity index (χ4n) is 2.15. The van der Waals surface area contributed by atoms with E-state index in [1.165, 1.54) is 4.31 Å². The third kappa shape index (κ3) is 3.49. The molecule has 0 fully saturated rings. The number of sulfonamides is 1. The Morgan fingerprint density at radius 2 is 1.73 bits per heavy atom. The lowest BCUT2D eigenvalue weighted by molar-refractivity contribution is 0.592. The van der Waals surface area contributed by atoms with Crippen LogP contribution in [0.15, 0.2) is 72.1 Å². The maximum atomic E-state index is 12.8. The van der Waals surface area contributed by atoms with Crippen molar-refractivity contribution in [2.45, 2.75) is 11.8 Å². The molecule has 116 valence electrons. The van der Waals surface area contributed by atoms with Gasteiger partial charge in [-0.15, -0.1) is 6.58 Å². The van der Waals surface area contributed by atoms with E-state index in [2.05, 4.69) is 11.9 Å². The van der Waals surface area contributed by atoms with Gasteiger partial charge in [-0.1, -0.05) is 24.3 Å². The first kappa shape index (κ1) is 16.1. The van der Waals surface area contributed by atoms with E-state index >= 15 is 0 Å². The molecule has 0 spiro atoms. The molecule has 2 aromatic rings. The molecule has 0 amide bonds. The largest absolute Gasteiger partial charge is 0.382 e. The molecule has 0 saturated heterocycles. The maximum absolute atomic E-state index is 12.8. The molecule has 0 unspecified atom stereocenters. The van der Waals surface area contributed by atoms with Crippen LogP contribution in [-0.2, 0) is 10.0 Å². The van der Waals surface area contributed by atoms with Gasteiger partial charge in [0.1, 0.15) is 0 Å². The molecule has 0 saturated carbocycles. The molecule has 1 N–H and O–H groups in total. The van der Waals surface area contributed by atoms with Crippen molar-refractivity contribution in [3.8, 4) is 0 Å². The molecule has 0 bridgehead atoms. The van der Waals surface area contributed by atoms with Crippen LogP contribution in [0.5, 0.6) is 0 Å². The summed E-state index contributed by atoms with van der Waals surface area (Å²) >= 11 is 0. The van der Waals surface area contributed by atoms with Crippen LogP contribution in [-0.4, -0.2) is 21.5 Å². The molecule has 0 aliphatic rings. The van der Waals surface area contributed by atoms with Gasteiger partial charge in [-0.3, -0.25) is 4.31 Å². The highest BCUT2D eigenvalue weighted by atomic mass is 32.2. The number of para-hydroxylation sites is 1. The highest BCUT2D eigenvalue weighted by Crippen LogP contribution is 2.24. The van der Waals surface area contributed by atoms with Gasteiger partial charge in [0.25, 0.3) is 10.0 Å². The number of nitrogens with one attached hydrogen (secondary N) is 1. The fourth-order valence-corrected chi connectivity index (χ4v) is 3.62. The summed E-state index contributed by atoms with van der Waals surface area (Å²) in [6.45, 7) is 6.47. The minimum atomic E-state index is -3.56. The smallest absolute Gasteiger partial charge is 0.264 e. The maximum Gasteiger partial charge on any atom is 0.264 e. The molecule has 0 aliphatic heterocycles. The number of nitrogens with zero attached hydrogens (tertiary/aromatic N) is 1. The first-order valence-electron chi connectivity index (χ1n) is 7.12. The van der Waals surface area contributed by atoms with Crippen LogP contribution >= 0.6 is 0 Å². The molecule has 0 aromatic heterocycles. The lowest BCUT2D eigenvalue weighted by Gasteiger charge is -2.23. The molecular formula is C17H20N2O2S. The summed E-state index contributed by atoms with van der Waals surface area (Å²) in [6.07, 6.45) is 1.75. The van der Waals surface area contributed by atoms with Crippen LogP contribution < -0.4 is 9.62 Å². The average molecular weight is 316 g/mol. The lowest BCUT2D eigenvalue weighted by Crippen LogP contribution is -2.30. The summed E-state index contributed by atoms with van der Waals surface area (Å²) in [6, 6.07) is 15.9. The third-order valence-electron chi connectivity index (χ3n) is 3.22. The number of hydrogen-bond acceptors (Lipinski definition) is 3. The van der Waals surface area contributed by atoms with Gasteiger partial charge in [0.05, 0.1) is 10.6 Å². The lowest BCUT2D eigenvalue weighted by atomic mass is 10.3. The quantitative estimate of drug-likeness (QED) is 0.795. The van der Waals surface area contributed by atoms with Crippen molar-refractivity contribution in [3.63, 3.8) is 0 Å². The average Bonchev–Trinajstić information content (AvgIpc) is 2.55. The molecule has 0 atom stereocenters. The van der Waals surface area contributed by atoms with E-state index in [1.807, 2.05) is 25.1 Å². The van der Waals surface area contributed by atoms with Crippen LogP contribution in [0.1, 0.15) is 6.92 Å². The predicted molar refractivity (Wildman–Crippen MR) is 91.8 cm³/mol. The second-order valence-corrected chi connectivity index (χ2v) is 6.56. The highest BCUT2D eigenvalue weighted by molar-refractivity contribution is 7.92. The Bertz CT molecular complexity index is 710. The van der Waals surface area contributed by atoms with Gasteiger partial charge < -0.3 is 5.32 Å². The van der Waals surface area contributed by atoms with Gasteiger partial charge in [-0.25, -0.2) is 8.42 Å². The topological polar surface area (TPSA) is 49.4 Å². The van der Waals surface area contributed by atoms with Crippen LogP contribution in [0.25, 0.3) is 0 Å². The van der Waals surface area contributed by atoms with Crippen molar-refractivity contribution in [1.82, 2.24) is 0 Å². The number of rotatable bonds is 7. The summed E-state index contributed by atoms with van der Waals surface area (Å²) in [7, 11) is -3.56. The van der Waals surface area contributed by atoms with E-state index in [1.54, 1.807) is 42.5 Å². The van der Waals surface area contributed by atoms with Crippen molar-refractivity contribution in [2.24, 2.45) is 0 Å². The van der Waals surface area contributed by atoms with Crippen molar-refractivity contribution in [3.05, 3.63) is 67.3 Å². The standard InChI is InChI=1S/C17H20N2O2S/c1-3-14-18-15-10-12-17(13-11-15)22(20,21)19(4-2)16-8-6-5-7-9-16/h3,5-13,18H,1,4,14H2,2H3. The predicted octanol–water partition coefficient (Wildman–Crippen LogP) is 3.50. The van der Waals surface area contributed by atoms with E-state index in [0.717, 1.165) is 5.69 Å². The molecule has 0 aliphatic carbocycles. The Kier molecular flexibility index (Phi) is 5.22. The van der Waals surface area contributed by atoms with E-state index < -0.39 is 10.0 Å². The molecule has 0 radical (unpaired) electrons. The van der Waals surface area contributed by atoms with E-state index in [4.69, 9.17) is 0 Å². The second kappa shape index (κ2) is 7.13. The van der Waals surface area contributed by atoms with Crippen LogP contribution in [0.2, 0.25) is 0 Å². The van der Waals surface area contributed by atoms with E-state index in [9.17, 15) is 8.42 Å². The Labute approximate surface area is 132 Å². The van der Waals surface area contributed by atoms with Crippen LogP contribution in [0.3, 0.4) is 0 Å². The Morgan fingerprint density at radius 3 is 2.27 bits per heavy atom. The van der Waals surface area contributed by atoms with Gasteiger partial charge >= 0.3 is 0 Å². The first-order valence-corrected chi connectivity index (χ1v) is 8.56. The summed E-state index contributed by atoms with van der Waals surface area (Å²) in [5, 5.41) is 3.12. The second-order valence-electron chi connectivity index (χ2n) is 4.70. The SMILES string of the molecule is C=CCNc1ccc(S(=O)(=O)N(CC)c2ccccc2)cc1. The van der Waals surface area contributed by atoms with Gasteiger partial charge in [0, 0.05) is 18.8 Å². The minimum absolute atomic E-state index is 0.280. The van der Waals surface area contributed by atoms with Gasteiger partial charge in [-0.2, -0.15) is 0 Å². The number of benzene rings is 2. The summed E-state index contributed by atoms with van der Waals surface area (Å²) in [5.74, 6) is 0. The van der Waals surface area contributed by atoms with E-state index in [0.29, 0.717) is 18.8 Å². The van der Waals surface area contributed by atoms with E-state index in [-0.39, 0.29) is 4.90 Å². The zero-order valence-corrected chi connectivity index (χ0v) is 13.4. The van der Waals surface area contributed by atoms with Crippen molar-refractivity contribution in [1.29, 1.82) is 0 Å². The highest BCUT2D eigenvalue weighted by Gasteiger charge is 2.23. The third-order valence-corrected chi connectivity index (χ3v) is 5.14. The zero-order valence-electron chi connectivity index (χ0n) is 12.6. The zero-order chi connectivity index (χ0) is 16.0. The first-order chi connectivity index (χ1) is 10.6. The molecule has 2 aromatic carbocycles. The van der Waals surface area contributed by atoms with Gasteiger partial charge in [0.15, 0.2) is 0 Å². The number of anilines is 2. The fraction of sp³-hybridized carbons (Fsp3) is 0.176. The molecule has 2 rings (SSSR count). The van der Waals surface area contributed by atoms with Crippen molar-refractivity contribution < 1.29 is 8.42 Å². The van der Waals surface area contributed by atoms with Crippen molar-refractivity contribution in [2.75, 3.05) is 22.7 Å². The molecule has 22 heavy (non-hydrogen) atoms. The molecular weight excluding hydrogens is 296 g/mol. The minimum Gasteiger partial charge on any atom is -0.382 e. The number of hydrogen-bond donors (Lipinski definition) is 1. The molecule has 5 heteroatoms. The molecule has 0 heterocycles. The van der Waals surface area contributed by atoms with Crippen molar-refractivity contribution >= 4 is 21.4 Å². The Morgan fingerprint density at radius 1 is 1.09 bits per heavy atom. The van der Waals surface area contributed by atoms with Gasteiger partial charge in [0.2, 0.25) is 0 Å². The van der Waals surface area contributed by atoms with Crippen LogP contribution in [0, 0.1) is 0 Å². The summed E-state index contributed by atoms with van der Waals surface area (Å²) in [4.78, 5) is 0.280. The Hall–Kier alpha value is -2.27. The normalized spacial score (nSPS) is 11.0. The molecule has 4 nitrogen and oxygen atoms in total. The summed E-state index contributed by atoms with van der Waals surface area (Å²) < 4.78 is 27.0. The monoisotopic (exact) mass is 316 g/mol. The van der Waals surface area contributed by atoms with Crippen LogP contribution in [0.4, 0.5) is 11.4 Å². The van der Waals surface area contributed by atoms with Gasteiger partial charge in [-0.05, 0) is 43.3 Å². The summed E-state index contributed by atoms with van der Waals surface area (Å²) in [5.41, 5.74) is 1.53. The Balaban J connectivity index is 2.30.